The minimum Gasteiger partial charge on any atom is -0.477 e. The van der Waals surface area contributed by atoms with E-state index in [1.807, 2.05) is 0 Å². The van der Waals surface area contributed by atoms with Crippen molar-refractivity contribution in [2.45, 2.75) is 50.7 Å². The Morgan fingerprint density at radius 1 is 1.43 bits per heavy atom. The third kappa shape index (κ3) is 1.26. The number of hydrogen-bond donors (Lipinski definition) is 1. The number of nitrogens with zero attached hydrogens (tertiary/aromatic N) is 1. The van der Waals surface area contributed by atoms with Crippen molar-refractivity contribution < 1.29 is 4.74 Å². The van der Waals surface area contributed by atoms with E-state index in [0.29, 0.717) is 6.04 Å². The minimum absolute atomic E-state index is 0.00114. The molecule has 0 amide bonds. The van der Waals surface area contributed by atoms with Gasteiger partial charge in [-0.1, -0.05) is 0 Å². The van der Waals surface area contributed by atoms with Gasteiger partial charge in [0.2, 0.25) is 5.90 Å². The minimum atomic E-state index is -0.00114. The quantitative estimate of drug-likeness (QED) is 0.683. The van der Waals surface area contributed by atoms with Gasteiger partial charge in [-0.15, -0.1) is 0 Å². The Hall–Kier alpha value is -0.570. The second kappa shape index (κ2) is 2.72. The van der Waals surface area contributed by atoms with Crippen molar-refractivity contribution in [1.82, 2.24) is 5.32 Å². The molecule has 3 atom stereocenters. The molecule has 0 radical (unpaired) electrons. The summed E-state index contributed by atoms with van der Waals surface area (Å²) in [5.41, 5.74) is -0.00114. The molecule has 2 aliphatic heterocycles. The zero-order valence-electron chi connectivity index (χ0n) is 8.92. The van der Waals surface area contributed by atoms with Gasteiger partial charge < -0.3 is 10.1 Å². The van der Waals surface area contributed by atoms with Crippen LogP contribution < -0.4 is 5.32 Å². The standard InChI is InChI=1S/C11H18N2O/c1-11(2)6-14-10(13-11)9-7-3-4-8(5-7)12-9/h7-9,12H,3-6H2,1-2H3. The number of piperidine rings is 1. The van der Waals surface area contributed by atoms with Crippen molar-refractivity contribution in [2.75, 3.05) is 6.61 Å². The Morgan fingerprint density at radius 2 is 2.29 bits per heavy atom. The van der Waals surface area contributed by atoms with E-state index in [0.717, 1.165) is 24.5 Å². The number of aliphatic imine (C=N–C) groups is 1. The van der Waals surface area contributed by atoms with Crippen molar-refractivity contribution >= 4 is 5.90 Å². The van der Waals surface area contributed by atoms with Crippen molar-refractivity contribution in [2.24, 2.45) is 10.9 Å². The summed E-state index contributed by atoms with van der Waals surface area (Å²) in [4.78, 5) is 4.65. The smallest absolute Gasteiger partial charge is 0.201 e. The highest BCUT2D eigenvalue weighted by atomic mass is 16.5. The normalized spacial score (nSPS) is 43.9. The maximum Gasteiger partial charge on any atom is 0.201 e. The molecule has 0 aromatic rings. The van der Waals surface area contributed by atoms with Crippen molar-refractivity contribution in [3.63, 3.8) is 0 Å². The Balaban J connectivity index is 1.78. The highest BCUT2D eigenvalue weighted by Gasteiger charge is 2.44. The second-order valence-electron chi connectivity index (χ2n) is 5.47. The molecule has 0 aromatic heterocycles. The molecule has 1 saturated carbocycles. The highest BCUT2D eigenvalue weighted by Crippen LogP contribution is 2.37. The molecule has 1 saturated heterocycles. The molecular formula is C11H18N2O. The number of fused-ring (bicyclic) bond motifs is 2. The average Bonchev–Trinajstić information content (AvgIpc) is 2.77. The Labute approximate surface area is 84.9 Å². The SMILES string of the molecule is CC1(C)COC(C2NC3CCC2C3)=N1. The van der Waals surface area contributed by atoms with E-state index < -0.39 is 0 Å². The summed E-state index contributed by atoms with van der Waals surface area (Å²) in [5.74, 6) is 1.76. The molecular weight excluding hydrogens is 176 g/mol. The van der Waals surface area contributed by atoms with Crippen LogP contribution in [0.15, 0.2) is 4.99 Å². The first kappa shape index (κ1) is 8.72. The first-order valence-electron chi connectivity index (χ1n) is 5.63. The van der Waals surface area contributed by atoms with E-state index in [4.69, 9.17) is 4.74 Å². The van der Waals surface area contributed by atoms with Crippen LogP contribution in [0.25, 0.3) is 0 Å². The summed E-state index contributed by atoms with van der Waals surface area (Å²) < 4.78 is 5.69. The molecule has 2 bridgehead atoms. The van der Waals surface area contributed by atoms with Gasteiger partial charge in [0.25, 0.3) is 0 Å². The fourth-order valence-electron chi connectivity index (χ4n) is 2.91. The molecule has 3 nitrogen and oxygen atoms in total. The third-order valence-electron chi connectivity index (χ3n) is 3.61. The molecule has 3 rings (SSSR count). The molecule has 0 spiro atoms. The number of ether oxygens (including phenoxy) is 1. The number of hydrogen-bond acceptors (Lipinski definition) is 3. The van der Waals surface area contributed by atoms with Gasteiger partial charge in [0, 0.05) is 6.04 Å². The molecule has 0 aromatic carbocycles. The fourth-order valence-corrected chi connectivity index (χ4v) is 2.91. The van der Waals surface area contributed by atoms with E-state index in [2.05, 4.69) is 24.2 Å². The van der Waals surface area contributed by atoms with Crippen LogP contribution in [-0.4, -0.2) is 30.1 Å². The summed E-state index contributed by atoms with van der Waals surface area (Å²) in [6.45, 7) is 5.01. The third-order valence-corrected chi connectivity index (χ3v) is 3.61. The molecule has 3 unspecified atom stereocenters. The van der Waals surface area contributed by atoms with Gasteiger partial charge in [0.05, 0.1) is 11.6 Å². The maximum atomic E-state index is 5.69. The van der Waals surface area contributed by atoms with Gasteiger partial charge in [-0.25, -0.2) is 4.99 Å². The van der Waals surface area contributed by atoms with Crippen LogP contribution in [0.4, 0.5) is 0 Å². The van der Waals surface area contributed by atoms with Crippen LogP contribution in [0, 0.1) is 5.92 Å². The molecule has 3 aliphatic rings. The summed E-state index contributed by atoms with van der Waals surface area (Å²) in [6, 6.07) is 1.16. The summed E-state index contributed by atoms with van der Waals surface area (Å²) in [7, 11) is 0. The first-order chi connectivity index (χ1) is 6.64. The molecule has 78 valence electrons. The Bertz CT molecular complexity index is 285. The largest absolute Gasteiger partial charge is 0.477 e. The van der Waals surface area contributed by atoms with Crippen LogP contribution in [0.2, 0.25) is 0 Å². The van der Waals surface area contributed by atoms with Crippen LogP contribution in [0.3, 0.4) is 0 Å². The zero-order valence-corrected chi connectivity index (χ0v) is 8.92. The first-order valence-corrected chi connectivity index (χ1v) is 5.63. The van der Waals surface area contributed by atoms with Gasteiger partial charge in [0.15, 0.2) is 0 Å². The van der Waals surface area contributed by atoms with Gasteiger partial charge in [-0.05, 0) is 39.0 Å². The van der Waals surface area contributed by atoms with Crippen LogP contribution in [0.1, 0.15) is 33.1 Å². The van der Waals surface area contributed by atoms with Crippen LogP contribution in [-0.2, 0) is 4.74 Å². The highest BCUT2D eigenvalue weighted by molar-refractivity contribution is 5.84. The van der Waals surface area contributed by atoms with E-state index in [1.165, 1.54) is 19.3 Å². The predicted molar refractivity (Wildman–Crippen MR) is 55.5 cm³/mol. The van der Waals surface area contributed by atoms with E-state index in [9.17, 15) is 0 Å². The van der Waals surface area contributed by atoms with Gasteiger partial charge in [-0.2, -0.15) is 0 Å². The van der Waals surface area contributed by atoms with E-state index in [-0.39, 0.29) is 5.54 Å². The van der Waals surface area contributed by atoms with Gasteiger partial charge in [0.1, 0.15) is 6.61 Å². The molecule has 1 N–H and O–H groups in total. The van der Waals surface area contributed by atoms with E-state index in [1.54, 1.807) is 0 Å². The molecule has 14 heavy (non-hydrogen) atoms. The summed E-state index contributed by atoms with van der Waals surface area (Å²) in [5, 5.41) is 3.61. The Kier molecular flexibility index (Phi) is 1.69. The molecule has 3 heteroatoms. The lowest BCUT2D eigenvalue weighted by molar-refractivity contribution is 0.260. The summed E-state index contributed by atoms with van der Waals surface area (Å²) in [6.07, 6.45) is 4.02. The molecule has 2 heterocycles. The van der Waals surface area contributed by atoms with Crippen molar-refractivity contribution in [1.29, 1.82) is 0 Å². The lowest BCUT2D eigenvalue weighted by atomic mass is 10.00. The summed E-state index contributed by atoms with van der Waals surface area (Å²) >= 11 is 0. The number of rotatable bonds is 1. The van der Waals surface area contributed by atoms with Crippen LogP contribution in [0.5, 0.6) is 0 Å². The lowest BCUT2D eigenvalue weighted by Crippen LogP contribution is -2.41. The average molecular weight is 194 g/mol. The molecule has 2 fully saturated rings. The number of nitrogens with one attached hydrogen (secondary N) is 1. The molecule has 1 aliphatic carbocycles. The lowest BCUT2D eigenvalue weighted by Gasteiger charge is -2.22. The fraction of sp³-hybridized carbons (Fsp3) is 0.909. The van der Waals surface area contributed by atoms with Crippen molar-refractivity contribution in [3.05, 3.63) is 0 Å². The van der Waals surface area contributed by atoms with Gasteiger partial charge >= 0.3 is 0 Å². The van der Waals surface area contributed by atoms with Crippen molar-refractivity contribution in [3.8, 4) is 0 Å². The monoisotopic (exact) mass is 194 g/mol. The van der Waals surface area contributed by atoms with Gasteiger partial charge in [-0.3, -0.25) is 0 Å². The topological polar surface area (TPSA) is 33.6 Å². The van der Waals surface area contributed by atoms with E-state index >= 15 is 0 Å². The Morgan fingerprint density at radius 3 is 2.79 bits per heavy atom. The zero-order chi connectivity index (χ0) is 9.76. The maximum absolute atomic E-state index is 5.69. The second-order valence-corrected chi connectivity index (χ2v) is 5.47. The predicted octanol–water partition coefficient (Wildman–Crippen LogP) is 1.33. The van der Waals surface area contributed by atoms with Crippen LogP contribution >= 0.6 is 0 Å².